The van der Waals surface area contributed by atoms with Gasteiger partial charge in [0.2, 0.25) is 0 Å². The lowest BCUT2D eigenvalue weighted by Crippen LogP contribution is -2.37. The van der Waals surface area contributed by atoms with Gasteiger partial charge in [-0.25, -0.2) is 0 Å². The first kappa shape index (κ1) is 5.45. The fourth-order valence-electron chi connectivity index (χ4n) is 0.101. The first-order valence-corrected chi connectivity index (χ1v) is 3.03. The van der Waals surface area contributed by atoms with Crippen LogP contribution in [0.5, 0.6) is 0 Å². The molecule has 0 spiro atoms. The molecule has 0 radical (unpaired) electrons. The molecule has 0 bridgehead atoms. The Labute approximate surface area is 37.9 Å². The van der Waals surface area contributed by atoms with Gasteiger partial charge in [-0.3, -0.25) is 4.79 Å². The fraction of sp³-hybridized carbons (Fsp3) is 0. The van der Waals surface area contributed by atoms with Gasteiger partial charge in [0.15, 0.2) is 9.84 Å². The van der Waals surface area contributed by atoms with Crippen LogP contribution < -0.4 is 16.1 Å². The van der Waals surface area contributed by atoms with Crippen molar-refractivity contribution < 1.29 is 4.79 Å². The normalized spacial score (nSPS) is 9.50. The lowest BCUT2D eigenvalue weighted by molar-refractivity contribution is 0.253. The molecular weight excluding hydrogens is 98.1 g/mol. The minimum atomic E-state index is -0.858. The number of rotatable bonds is 1. The largest absolute Gasteiger partial charge is 0.357 e. The van der Waals surface area contributed by atoms with Crippen molar-refractivity contribution in [1.82, 2.24) is 4.98 Å². The van der Waals surface area contributed by atoms with Gasteiger partial charge in [0.25, 0.3) is 0 Å². The van der Waals surface area contributed by atoms with Gasteiger partial charge in [-0.15, -0.1) is 0 Å². The molecule has 0 fully saturated rings. The SMILES string of the molecule is N[SiH2]NC(N)=O. The minimum Gasteiger partial charge on any atom is -0.357 e. The molecule has 6 heavy (non-hydrogen) atoms. The van der Waals surface area contributed by atoms with E-state index < -0.39 is 15.9 Å². The van der Waals surface area contributed by atoms with Crippen LogP contribution in [0.1, 0.15) is 0 Å². The van der Waals surface area contributed by atoms with Gasteiger partial charge in [0.1, 0.15) is 0 Å². The Hall–Kier alpha value is -0.553. The molecule has 36 valence electrons. The maximum Gasteiger partial charge on any atom is 0.304 e. The highest BCUT2D eigenvalue weighted by Gasteiger charge is 1.80. The Morgan fingerprint density at radius 2 is 2.33 bits per heavy atom. The molecule has 0 aromatic heterocycles. The number of hydrogen-bond donors (Lipinski definition) is 3. The van der Waals surface area contributed by atoms with E-state index in [1.54, 1.807) is 0 Å². The lowest BCUT2D eigenvalue weighted by atomic mass is 11.2. The van der Waals surface area contributed by atoms with Crippen LogP contribution in [-0.4, -0.2) is 15.9 Å². The van der Waals surface area contributed by atoms with Crippen LogP contribution in [0.15, 0.2) is 0 Å². The van der Waals surface area contributed by atoms with E-state index in [4.69, 9.17) is 5.40 Å². The van der Waals surface area contributed by atoms with Crippen molar-refractivity contribution in [3.05, 3.63) is 0 Å². The van der Waals surface area contributed by atoms with Crippen LogP contribution in [0.25, 0.3) is 0 Å². The van der Waals surface area contributed by atoms with E-state index >= 15 is 0 Å². The topological polar surface area (TPSA) is 81.1 Å². The highest BCUT2D eigenvalue weighted by molar-refractivity contribution is 6.32. The zero-order valence-corrected chi connectivity index (χ0v) is 4.68. The minimum absolute atomic E-state index is 0.524. The molecule has 0 heterocycles. The molecular formula is CH7N3OSi. The summed E-state index contributed by atoms with van der Waals surface area (Å²) < 4.78 is 0. The molecule has 0 aromatic rings. The van der Waals surface area contributed by atoms with Crippen molar-refractivity contribution in [2.24, 2.45) is 11.1 Å². The standard InChI is InChI=1S/CH7N3OSi/c2-1(5)4-6-3/h3,6H2,(H3,2,4,5). The summed E-state index contributed by atoms with van der Waals surface area (Å²) in [7, 11) is -0.858. The van der Waals surface area contributed by atoms with Crippen LogP contribution >= 0.6 is 0 Å². The highest BCUT2D eigenvalue weighted by atomic mass is 28.2. The van der Waals surface area contributed by atoms with Crippen LogP contribution in [0.2, 0.25) is 0 Å². The van der Waals surface area contributed by atoms with Crippen molar-refractivity contribution in [3.63, 3.8) is 0 Å². The number of carbonyl (C=O) groups excluding carboxylic acids is 1. The first-order valence-electron chi connectivity index (χ1n) is 1.50. The molecule has 0 saturated heterocycles. The molecule has 5 N–H and O–H groups in total. The Bertz CT molecular complexity index is 54.8. The summed E-state index contributed by atoms with van der Waals surface area (Å²) in [5, 5.41) is 4.96. The van der Waals surface area contributed by atoms with E-state index in [-0.39, 0.29) is 0 Å². The molecule has 0 aromatic carbocycles. The second-order valence-electron chi connectivity index (χ2n) is 0.745. The predicted octanol–water partition coefficient (Wildman–Crippen LogP) is -2.39. The van der Waals surface area contributed by atoms with Gasteiger partial charge in [-0.05, 0) is 0 Å². The van der Waals surface area contributed by atoms with E-state index in [1.165, 1.54) is 0 Å². The highest BCUT2D eigenvalue weighted by Crippen LogP contribution is 1.40. The van der Waals surface area contributed by atoms with Crippen molar-refractivity contribution in [2.45, 2.75) is 0 Å². The summed E-state index contributed by atoms with van der Waals surface area (Å²) in [6, 6.07) is -0.524. The third kappa shape index (κ3) is 3.45. The molecule has 0 rings (SSSR count). The summed E-state index contributed by atoms with van der Waals surface area (Å²) >= 11 is 0. The Kier molecular flexibility index (Phi) is 2.43. The molecule has 2 amide bonds. The summed E-state index contributed by atoms with van der Waals surface area (Å²) in [6.07, 6.45) is 0. The average molecular weight is 105 g/mol. The van der Waals surface area contributed by atoms with E-state index in [1.807, 2.05) is 0 Å². The van der Waals surface area contributed by atoms with Gasteiger partial charge in [0.05, 0.1) is 0 Å². The van der Waals surface area contributed by atoms with Crippen LogP contribution in [0.3, 0.4) is 0 Å². The molecule has 0 aliphatic rings. The van der Waals surface area contributed by atoms with E-state index in [0.29, 0.717) is 0 Å². The Morgan fingerprint density at radius 1 is 1.83 bits per heavy atom. The van der Waals surface area contributed by atoms with Crippen molar-refractivity contribution in [3.8, 4) is 0 Å². The molecule has 0 atom stereocenters. The third-order valence-electron chi connectivity index (χ3n) is 0.276. The summed E-state index contributed by atoms with van der Waals surface area (Å²) in [5.41, 5.74) is 4.61. The van der Waals surface area contributed by atoms with E-state index in [9.17, 15) is 4.79 Å². The Morgan fingerprint density at radius 3 is 2.33 bits per heavy atom. The second kappa shape index (κ2) is 2.67. The molecule has 0 aliphatic heterocycles. The van der Waals surface area contributed by atoms with Gasteiger partial charge in [-0.2, -0.15) is 0 Å². The van der Waals surface area contributed by atoms with Gasteiger partial charge in [-0.1, -0.05) is 0 Å². The zero-order valence-electron chi connectivity index (χ0n) is 3.27. The lowest BCUT2D eigenvalue weighted by Gasteiger charge is -1.88. The number of urea groups is 1. The summed E-state index contributed by atoms with van der Waals surface area (Å²) in [5.74, 6) is 0. The first-order chi connectivity index (χ1) is 2.77. The van der Waals surface area contributed by atoms with Gasteiger partial charge < -0.3 is 16.1 Å². The molecule has 0 unspecified atom stereocenters. The molecule has 5 heteroatoms. The summed E-state index contributed by atoms with van der Waals surface area (Å²) in [4.78, 5) is 11.9. The van der Waals surface area contributed by atoms with Crippen LogP contribution in [0, 0.1) is 0 Å². The van der Waals surface area contributed by atoms with Crippen molar-refractivity contribution in [2.75, 3.05) is 0 Å². The number of primary amides is 1. The number of hydrogen-bond acceptors (Lipinski definition) is 2. The van der Waals surface area contributed by atoms with Crippen LogP contribution in [0.4, 0.5) is 4.79 Å². The number of amides is 2. The number of nitrogens with one attached hydrogen (secondary N) is 1. The number of carbonyl (C=O) groups is 1. The fourth-order valence-corrected chi connectivity index (χ4v) is 0.302. The van der Waals surface area contributed by atoms with E-state index in [0.717, 1.165) is 0 Å². The second-order valence-corrected chi connectivity index (χ2v) is 1.51. The molecule has 4 nitrogen and oxygen atoms in total. The maximum absolute atomic E-state index is 9.67. The number of nitrogens with two attached hydrogens (primary N) is 2. The Balaban J connectivity index is 2.83. The van der Waals surface area contributed by atoms with Crippen molar-refractivity contribution >= 4 is 15.9 Å². The quantitative estimate of drug-likeness (QED) is 0.325. The van der Waals surface area contributed by atoms with E-state index in [2.05, 4.69) is 10.7 Å². The predicted molar refractivity (Wildman–Crippen MR) is 25.5 cm³/mol. The maximum atomic E-state index is 9.67. The average Bonchev–Trinajstić information content (AvgIpc) is 1.35. The van der Waals surface area contributed by atoms with Crippen molar-refractivity contribution in [1.29, 1.82) is 0 Å². The zero-order chi connectivity index (χ0) is 4.99. The molecule has 0 aliphatic carbocycles. The molecule has 0 saturated carbocycles. The third-order valence-corrected chi connectivity index (χ3v) is 0.829. The monoisotopic (exact) mass is 105 g/mol. The van der Waals surface area contributed by atoms with Gasteiger partial charge >= 0.3 is 6.03 Å². The smallest absolute Gasteiger partial charge is 0.304 e. The van der Waals surface area contributed by atoms with Crippen LogP contribution in [-0.2, 0) is 0 Å². The van der Waals surface area contributed by atoms with Gasteiger partial charge in [0, 0.05) is 0 Å². The summed E-state index contributed by atoms with van der Waals surface area (Å²) in [6.45, 7) is 0.